The van der Waals surface area contributed by atoms with Gasteiger partial charge < -0.3 is 20.5 Å². The molecule has 23 heavy (non-hydrogen) atoms. The Bertz CT molecular complexity index is 614. The number of carbonyl (C=O) groups excluding carboxylic acids is 3. The van der Waals surface area contributed by atoms with Crippen LogP contribution in [0.4, 0.5) is 5.69 Å². The van der Waals surface area contributed by atoms with Crippen LogP contribution in [0.2, 0.25) is 0 Å². The van der Waals surface area contributed by atoms with E-state index in [9.17, 15) is 19.2 Å². The number of carboxylic acids is 1. The SMILES string of the molecule is COC(=O)CC[C@@H](NC(=O)c1cccc(NC(C)=O)c1)C(=O)O. The number of carbonyl (C=O) groups is 4. The van der Waals surface area contributed by atoms with Gasteiger partial charge in [-0.15, -0.1) is 0 Å². The lowest BCUT2D eigenvalue weighted by Crippen LogP contribution is -2.41. The molecule has 8 heteroatoms. The topological polar surface area (TPSA) is 122 Å². The molecule has 0 fully saturated rings. The van der Waals surface area contributed by atoms with Crippen molar-refractivity contribution in [2.24, 2.45) is 0 Å². The number of nitrogens with one attached hydrogen (secondary N) is 2. The van der Waals surface area contributed by atoms with Crippen LogP contribution in [0.3, 0.4) is 0 Å². The van der Waals surface area contributed by atoms with Crippen molar-refractivity contribution in [3.05, 3.63) is 29.8 Å². The van der Waals surface area contributed by atoms with Crippen molar-refractivity contribution in [2.45, 2.75) is 25.8 Å². The molecule has 124 valence electrons. The number of ether oxygens (including phenoxy) is 1. The van der Waals surface area contributed by atoms with Crippen molar-refractivity contribution >= 4 is 29.4 Å². The van der Waals surface area contributed by atoms with Crippen molar-refractivity contribution < 1.29 is 29.0 Å². The summed E-state index contributed by atoms with van der Waals surface area (Å²) in [6.45, 7) is 1.33. The average molecular weight is 322 g/mol. The molecule has 8 nitrogen and oxygen atoms in total. The molecule has 0 aromatic heterocycles. The minimum Gasteiger partial charge on any atom is -0.480 e. The van der Waals surface area contributed by atoms with Crippen LogP contribution in [0.5, 0.6) is 0 Å². The highest BCUT2D eigenvalue weighted by Crippen LogP contribution is 2.11. The molecule has 1 aromatic rings. The minimum absolute atomic E-state index is 0.0842. The van der Waals surface area contributed by atoms with Gasteiger partial charge in [-0.25, -0.2) is 4.79 Å². The van der Waals surface area contributed by atoms with E-state index in [0.29, 0.717) is 5.69 Å². The summed E-state index contributed by atoms with van der Waals surface area (Å²) >= 11 is 0. The van der Waals surface area contributed by atoms with E-state index >= 15 is 0 Å². The Balaban J connectivity index is 2.76. The first-order valence-electron chi connectivity index (χ1n) is 6.81. The second-order valence-electron chi connectivity index (χ2n) is 4.74. The quantitative estimate of drug-likeness (QED) is 0.638. The van der Waals surface area contributed by atoms with Crippen LogP contribution < -0.4 is 10.6 Å². The molecule has 0 aliphatic rings. The van der Waals surface area contributed by atoms with Crippen LogP contribution in [0.1, 0.15) is 30.1 Å². The number of rotatable bonds is 7. The third-order valence-corrected chi connectivity index (χ3v) is 2.91. The maximum Gasteiger partial charge on any atom is 0.326 e. The first-order chi connectivity index (χ1) is 10.8. The van der Waals surface area contributed by atoms with Gasteiger partial charge in [0.25, 0.3) is 5.91 Å². The fraction of sp³-hybridized carbons (Fsp3) is 0.333. The summed E-state index contributed by atoms with van der Waals surface area (Å²) in [5.74, 6) is -2.71. The summed E-state index contributed by atoms with van der Waals surface area (Å²) in [6.07, 6.45) is -0.210. The van der Waals surface area contributed by atoms with Gasteiger partial charge in [-0.2, -0.15) is 0 Å². The molecule has 0 aliphatic carbocycles. The highest BCUT2D eigenvalue weighted by atomic mass is 16.5. The number of amides is 2. The maximum atomic E-state index is 12.1. The Morgan fingerprint density at radius 1 is 1.26 bits per heavy atom. The van der Waals surface area contributed by atoms with Crippen LogP contribution in [-0.4, -0.2) is 42.0 Å². The lowest BCUT2D eigenvalue weighted by Gasteiger charge is -2.14. The Morgan fingerprint density at radius 3 is 2.52 bits per heavy atom. The lowest BCUT2D eigenvalue weighted by atomic mass is 10.1. The monoisotopic (exact) mass is 322 g/mol. The summed E-state index contributed by atoms with van der Waals surface area (Å²) in [4.78, 5) is 45.3. The van der Waals surface area contributed by atoms with E-state index in [1.165, 1.54) is 26.2 Å². The number of methoxy groups -OCH3 is 1. The van der Waals surface area contributed by atoms with Crippen molar-refractivity contribution in [1.29, 1.82) is 0 Å². The second kappa shape index (κ2) is 8.52. The van der Waals surface area contributed by atoms with E-state index in [1.54, 1.807) is 12.1 Å². The smallest absolute Gasteiger partial charge is 0.326 e. The molecule has 1 rings (SSSR count). The number of hydrogen-bond acceptors (Lipinski definition) is 5. The van der Waals surface area contributed by atoms with Crippen LogP contribution in [0.25, 0.3) is 0 Å². The van der Waals surface area contributed by atoms with E-state index in [1.807, 2.05) is 0 Å². The fourth-order valence-corrected chi connectivity index (χ4v) is 1.80. The van der Waals surface area contributed by atoms with Gasteiger partial charge in [0.2, 0.25) is 5.91 Å². The van der Waals surface area contributed by atoms with E-state index < -0.39 is 23.9 Å². The number of hydrogen-bond donors (Lipinski definition) is 3. The summed E-state index contributed by atoms with van der Waals surface area (Å²) in [6, 6.07) is 4.86. The zero-order chi connectivity index (χ0) is 17.4. The van der Waals surface area contributed by atoms with Gasteiger partial charge >= 0.3 is 11.9 Å². The molecule has 0 radical (unpaired) electrons. The molecular formula is C15H18N2O6. The van der Waals surface area contributed by atoms with Gasteiger partial charge in [-0.05, 0) is 24.6 Å². The number of carboxylic acid groups (broad SMARTS) is 1. The first-order valence-corrected chi connectivity index (χ1v) is 6.81. The Morgan fingerprint density at radius 2 is 1.96 bits per heavy atom. The molecule has 2 amide bonds. The molecule has 0 unspecified atom stereocenters. The van der Waals surface area contributed by atoms with E-state index in [-0.39, 0.29) is 24.3 Å². The summed E-state index contributed by atoms with van der Waals surface area (Å²) in [7, 11) is 1.20. The third kappa shape index (κ3) is 6.16. The molecule has 0 heterocycles. The molecule has 3 N–H and O–H groups in total. The lowest BCUT2D eigenvalue weighted by molar-refractivity contribution is -0.142. The second-order valence-corrected chi connectivity index (χ2v) is 4.74. The number of anilines is 1. The molecule has 0 bridgehead atoms. The van der Waals surface area contributed by atoms with Crippen LogP contribution in [0.15, 0.2) is 24.3 Å². The van der Waals surface area contributed by atoms with Gasteiger partial charge in [-0.1, -0.05) is 6.07 Å². The molecular weight excluding hydrogens is 304 g/mol. The average Bonchev–Trinajstić information content (AvgIpc) is 2.50. The van der Waals surface area contributed by atoms with Crippen molar-refractivity contribution in [1.82, 2.24) is 5.32 Å². The van der Waals surface area contributed by atoms with E-state index in [4.69, 9.17) is 5.11 Å². The Labute approximate surface area is 132 Å². The van der Waals surface area contributed by atoms with E-state index in [0.717, 1.165) is 0 Å². The largest absolute Gasteiger partial charge is 0.480 e. The van der Waals surface area contributed by atoms with Crippen LogP contribution in [-0.2, 0) is 19.1 Å². The number of esters is 1. The predicted octanol–water partition coefficient (Wildman–Crippen LogP) is 0.781. The van der Waals surface area contributed by atoms with Crippen LogP contribution >= 0.6 is 0 Å². The molecule has 0 spiro atoms. The summed E-state index contributed by atoms with van der Waals surface area (Å²) in [5, 5.41) is 14.0. The summed E-state index contributed by atoms with van der Waals surface area (Å²) in [5.41, 5.74) is 0.618. The van der Waals surface area contributed by atoms with Gasteiger partial charge in [0.05, 0.1) is 7.11 Å². The summed E-state index contributed by atoms with van der Waals surface area (Å²) < 4.78 is 4.44. The highest BCUT2D eigenvalue weighted by molar-refractivity contribution is 5.98. The number of aliphatic carboxylic acids is 1. The molecule has 0 saturated carbocycles. The van der Waals surface area contributed by atoms with Gasteiger partial charge in [-0.3, -0.25) is 14.4 Å². The van der Waals surface area contributed by atoms with Crippen LogP contribution in [0, 0.1) is 0 Å². The predicted molar refractivity (Wildman–Crippen MR) is 80.9 cm³/mol. The first kappa shape index (κ1) is 18.1. The highest BCUT2D eigenvalue weighted by Gasteiger charge is 2.22. The van der Waals surface area contributed by atoms with Crippen molar-refractivity contribution in [2.75, 3.05) is 12.4 Å². The van der Waals surface area contributed by atoms with Gasteiger partial charge in [0.1, 0.15) is 6.04 Å². The standard InChI is InChI=1S/C15H18N2O6/c1-9(18)16-11-5-3-4-10(8-11)14(20)17-12(15(21)22)6-7-13(19)23-2/h3-5,8,12H,6-7H2,1-2H3,(H,16,18)(H,17,20)(H,21,22)/t12-/m1/s1. The molecule has 1 atom stereocenters. The minimum atomic E-state index is -1.25. The molecule has 0 aliphatic heterocycles. The van der Waals surface area contributed by atoms with E-state index in [2.05, 4.69) is 15.4 Å². The number of benzene rings is 1. The van der Waals surface area contributed by atoms with Gasteiger partial charge in [0.15, 0.2) is 0 Å². The molecule has 0 saturated heterocycles. The maximum absolute atomic E-state index is 12.1. The van der Waals surface area contributed by atoms with Crippen molar-refractivity contribution in [3.63, 3.8) is 0 Å². The normalized spacial score (nSPS) is 11.2. The fourth-order valence-electron chi connectivity index (χ4n) is 1.80. The Kier molecular flexibility index (Phi) is 6.72. The third-order valence-electron chi connectivity index (χ3n) is 2.91. The molecule has 1 aromatic carbocycles. The zero-order valence-corrected chi connectivity index (χ0v) is 12.8. The Hall–Kier alpha value is -2.90. The van der Waals surface area contributed by atoms with Crippen molar-refractivity contribution in [3.8, 4) is 0 Å². The van der Waals surface area contributed by atoms with Gasteiger partial charge in [0, 0.05) is 24.6 Å². The zero-order valence-electron chi connectivity index (χ0n) is 12.8.